The quantitative estimate of drug-likeness (QED) is 0.405. The summed E-state index contributed by atoms with van der Waals surface area (Å²) in [5.41, 5.74) is 4.31. The summed E-state index contributed by atoms with van der Waals surface area (Å²) in [5.74, 6) is 0.588. The number of hydrazone groups is 1. The number of benzene rings is 3. The van der Waals surface area contributed by atoms with Crippen LogP contribution in [-0.4, -0.2) is 28.0 Å². The fraction of sp³-hybridized carbons (Fsp3) is 0.0455. The molecule has 0 radical (unpaired) electrons. The first kappa shape index (κ1) is 18.2. The number of aromatic hydroxyl groups is 1. The monoisotopic (exact) mass is 386 g/mol. The smallest absolute Gasteiger partial charge is 0.267 e. The summed E-state index contributed by atoms with van der Waals surface area (Å²) in [6.45, 7) is 0. The lowest BCUT2D eigenvalue weighted by molar-refractivity contribution is 0.373. The van der Waals surface area contributed by atoms with Crippen molar-refractivity contribution in [3.05, 3.63) is 88.7 Å². The second-order valence-electron chi connectivity index (χ2n) is 6.20. The minimum absolute atomic E-state index is 0.0209. The van der Waals surface area contributed by atoms with E-state index in [1.54, 1.807) is 36.4 Å². The van der Waals surface area contributed by atoms with Crippen molar-refractivity contribution in [3.63, 3.8) is 0 Å². The van der Waals surface area contributed by atoms with E-state index in [1.165, 1.54) is 17.9 Å². The number of hydrogen-bond donors (Lipinski definition) is 2. The molecule has 0 spiro atoms. The molecule has 1 heterocycles. The normalized spacial score (nSPS) is 11.1. The number of phenols is 1. The average molecular weight is 386 g/mol. The maximum absolute atomic E-state index is 13.1. The Morgan fingerprint density at radius 1 is 1.03 bits per heavy atom. The molecule has 7 nitrogen and oxygen atoms in total. The van der Waals surface area contributed by atoms with Gasteiger partial charge in [-0.05, 0) is 36.4 Å². The molecule has 0 saturated heterocycles. The predicted octanol–water partition coefficient (Wildman–Crippen LogP) is 3.55. The van der Waals surface area contributed by atoms with Crippen LogP contribution in [0, 0.1) is 0 Å². The lowest BCUT2D eigenvalue weighted by atomic mass is 10.2. The summed E-state index contributed by atoms with van der Waals surface area (Å²) in [4.78, 5) is 17.6. The molecule has 0 aliphatic carbocycles. The van der Waals surface area contributed by atoms with Gasteiger partial charge < -0.3 is 9.84 Å². The van der Waals surface area contributed by atoms with Crippen LogP contribution in [0.2, 0.25) is 0 Å². The van der Waals surface area contributed by atoms with Crippen molar-refractivity contribution in [1.82, 2.24) is 9.55 Å². The molecule has 7 heteroatoms. The van der Waals surface area contributed by atoms with E-state index in [1.807, 2.05) is 36.4 Å². The van der Waals surface area contributed by atoms with Crippen molar-refractivity contribution in [2.24, 2.45) is 5.10 Å². The number of para-hydroxylation sites is 3. The first-order valence-corrected chi connectivity index (χ1v) is 8.91. The van der Waals surface area contributed by atoms with Crippen LogP contribution in [0.25, 0.3) is 16.6 Å². The van der Waals surface area contributed by atoms with E-state index in [9.17, 15) is 9.90 Å². The van der Waals surface area contributed by atoms with Crippen LogP contribution in [0.5, 0.6) is 11.5 Å². The largest absolute Gasteiger partial charge is 0.504 e. The number of methoxy groups -OCH3 is 1. The van der Waals surface area contributed by atoms with Gasteiger partial charge in [0, 0.05) is 5.56 Å². The zero-order chi connectivity index (χ0) is 20.2. The lowest BCUT2D eigenvalue weighted by Gasteiger charge is -2.12. The molecule has 1 aromatic heterocycles. The summed E-state index contributed by atoms with van der Waals surface area (Å²) >= 11 is 0. The summed E-state index contributed by atoms with van der Waals surface area (Å²) in [5, 5.41) is 14.9. The third kappa shape index (κ3) is 3.53. The van der Waals surface area contributed by atoms with Crippen molar-refractivity contribution in [3.8, 4) is 17.2 Å². The Morgan fingerprint density at radius 3 is 2.59 bits per heavy atom. The van der Waals surface area contributed by atoms with Gasteiger partial charge in [-0.25, -0.2) is 15.0 Å². The second-order valence-corrected chi connectivity index (χ2v) is 6.20. The number of phenolic OH excluding ortho intramolecular Hbond substituents is 1. The van der Waals surface area contributed by atoms with Gasteiger partial charge >= 0.3 is 0 Å². The molecule has 4 aromatic rings. The van der Waals surface area contributed by atoms with Gasteiger partial charge in [-0.2, -0.15) is 5.10 Å². The van der Waals surface area contributed by atoms with Gasteiger partial charge in [0.15, 0.2) is 11.5 Å². The zero-order valence-electron chi connectivity index (χ0n) is 15.6. The van der Waals surface area contributed by atoms with Crippen molar-refractivity contribution in [2.75, 3.05) is 12.5 Å². The minimum Gasteiger partial charge on any atom is -0.504 e. The van der Waals surface area contributed by atoms with Crippen LogP contribution < -0.4 is 15.7 Å². The summed E-state index contributed by atoms with van der Waals surface area (Å²) in [6, 6.07) is 21.4. The molecule has 144 valence electrons. The number of anilines is 1. The van der Waals surface area contributed by atoms with Gasteiger partial charge in [-0.3, -0.25) is 4.79 Å². The van der Waals surface area contributed by atoms with Gasteiger partial charge in [0.2, 0.25) is 5.95 Å². The van der Waals surface area contributed by atoms with Crippen molar-refractivity contribution >= 4 is 23.1 Å². The first-order chi connectivity index (χ1) is 14.2. The molecular weight excluding hydrogens is 368 g/mol. The van der Waals surface area contributed by atoms with E-state index in [0.29, 0.717) is 27.9 Å². The number of fused-ring (bicyclic) bond motifs is 1. The van der Waals surface area contributed by atoms with Crippen LogP contribution >= 0.6 is 0 Å². The van der Waals surface area contributed by atoms with Gasteiger partial charge in [0.1, 0.15) is 0 Å². The van der Waals surface area contributed by atoms with Gasteiger partial charge in [-0.15, -0.1) is 0 Å². The Hall–Kier alpha value is -4.13. The Bertz CT molecular complexity index is 1250. The van der Waals surface area contributed by atoms with E-state index in [-0.39, 0.29) is 17.3 Å². The van der Waals surface area contributed by atoms with E-state index < -0.39 is 0 Å². The van der Waals surface area contributed by atoms with E-state index >= 15 is 0 Å². The molecule has 0 saturated carbocycles. The van der Waals surface area contributed by atoms with E-state index in [0.717, 1.165) is 0 Å². The summed E-state index contributed by atoms with van der Waals surface area (Å²) in [7, 11) is 1.48. The Labute approximate surface area is 166 Å². The maximum Gasteiger partial charge on any atom is 0.267 e. The molecule has 4 rings (SSSR count). The Balaban J connectivity index is 1.78. The summed E-state index contributed by atoms with van der Waals surface area (Å²) in [6.07, 6.45) is 1.44. The van der Waals surface area contributed by atoms with Crippen molar-refractivity contribution in [1.29, 1.82) is 0 Å². The first-order valence-electron chi connectivity index (χ1n) is 8.91. The SMILES string of the molecule is COc1cccc(C=NNc2nc3ccccc3c(=O)n2-c2ccccc2)c1O. The van der Waals surface area contributed by atoms with Crippen LogP contribution in [0.4, 0.5) is 5.95 Å². The summed E-state index contributed by atoms with van der Waals surface area (Å²) < 4.78 is 6.56. The molecule has 0 bridgehead atoms. The standard InChI is InChI=1S/C22H18N4O3/c1-29-19-13-7-8-15(20(19)27)14-23-25-22-24-18-12-6-5-11-17(18)21(28)26(22)16-9-3-2-4-10-16/h2-14,27H,1H3,(H,24,25). The van der Waals surface area contributed by atoms with Crippen LogP contribution in [0.15, 0.2) is 82.7 Å². The highest BCUT2D eigenvalue weighted by Gasteiger charge is 2.12. The van der Waals surface area contributed by atoms with Crippen LogP contribution in [0.1, 0.15) is 5.56 Å². The van der Waals surface area contributed by atoms with Gasteiger partial charge in [0.05, 0.1) is 29.9 Å². The molecule has 29 heavy (non-hydrogen) atoms. The van der Waals surface area contributed by atoms with E-state index in [2.05, 4.69) is 15.5 Å². The topological polar surface area (TPSA) is 88.7 Å². The highest BCUT2D eigenvalue weighted by atomic mass is 16.5. The molecule has 0 unspecified atom stereocenters. The van der Waals surface area contributed by atoms with Crippen LogP contribution in [0.3, 0.4) is 0 Å². The third-order valence-electron chi connectivity index (χ3n) is 4.41. The van der Waals surface area contributed by atoms with Crippen LogP contribution in [-0.2, 0) is 0 Å². The fourth-order valence-corrected chi connectivity index (χ4v) is 2.99. The van der Waals surface area contributed by atoms with Gasteiger partial charge in [0.25, 0.3) is 5.56 Å². The maximum atomic E-state index is 13.1. The molecule has 0 aliphatic rings. The molecule has 3 aromatic carbocycles. The number of hydrogen-bond acceptors (Lipinski definition) is 6. The van der Waals surface area contributed by atoms with Gasteiger partial charge in [-0.1, -0.05) is 36.4 Å². The Morgan fingerprint density at radius 2 is 1.79 bits per heavy atom. The van der Waals surface area contributed by atoms with Crippen molar-refractivity contribution < 1.29 is 9.84 Å². The number of rotatable bonds is 5. The fourth-order valence-electron chi connectivity index (χ4n) is 2.99. The number of nitrogens with zero attached hydrogens (tertiary/aromatic N) is 3. The number of nitrogens with one attached hydrogen (secondary N) is 1. The second kappa shape index (κ2) is 7.85. The average Bonchev–Trinajstić information content (AvgIpc) is 2.76. The Kier molecular flexibility index (Phi) is 4.94. The lowest BCUT2D eigenvalue weighted by Crippen LogP contribution is -2.22. The predicted molar refractivity (Wildman–Crippen MR) is 113 cm³/mol. The molecule has 0 atom stereocenters. The third-order valence-corrected chi connectivity index (χ3v) is 4.41. The highest BCUT2D eigenvalue weighted by Crippen LogP contribution is 2.28. The molecule has 0 amide bonds. The molecule has 2 N–H and O–H groups in total. The molecule has 0 fully saturated rings. The molecule has 0 aliphatic heterocycles. The number of ether oxygens (including phenoxy) is 1. The zero-order valence-corrected chi connectivity index (χ0v) is 15.6. The highest BCUT2D eigenvalue weighted by molar-refractivity contribution is 5.85. The molecular formula is C22H18N4O3. The van der Waals surface area contributed by atoms with Crippen molar-refractivity contribution in [2.45, 2.75) is 0 Å². The number of aromatic nitrogens is 2. The van der Waals surface area contributed by atoms with E-state index in [4.69, 9.17) is 4.74 Å². The minimum atomic E-state index is -0.205.